The molecule has 2 unspecified atom stereocenters. The molecule has 1 aliphatic carbocycles. The molecule has 0 bridgehead atoms. The largest absolute Gasteiger partial charge is 0.375 e. The van der Waals surface area contributed by atoms with Crippen LogP contribution in [0, 0.1) is 0 Å². The fourth-order valence-corrected chi connectivity index (χ4v) is 1.31. The molecule has 0 amide bonds. The summed E-state index contributed by atoms with van der Waals surface area (Å²) in [5.41, 5.74) is 0. The van der Waals surface area contributed by atoms with Crippen molar-refractivity contribution in [2.24, 2.45) is 0 Å². The third-order valence-corrected chi connectivity index (χ3v) is 2.22. The van der Waals surface area contributed by atoms with E-state index < -0.39 is 0 Å². The van der Waals surface area contributed by atoms with E-state index in [-0.39, 0.29) is 0 Å². The average Bonchev–Trinajstić information content (AvgIpc) is 2.06. The van der Waals surface area contributed by atoms with Crippen LogP contribution in [0.4, 0.5) is 0 Å². The van der Waals surface area contributed by atoms with Gasteiger partial charge in [0.15, 0.2) is 0 Å². The molecule has 64 valence electrons. The predicted molar refractivity (Wildman–Crippen MR) is 47.6 cm³/mol. The summed E-state index contributed by atoms with van der Waals surface area (Å²) in [5, 5.41) is 0. The maximum absolute atomic E-state index is 5.79. The van der Waals surface area contributed by atoms with Crippen LogP contribution in [-0.2, 0) is 4.74 Å². The molecule has 0 aliphatic heterocycles. The average molecular weight is 154 g/mol. The van der Waals surface area contributed by atoms with Gasteiger partial charge in [0, 0.05) is 0 Å². The zero-order valence-corrected chi connectivity index (χ0v) is 7.55. The first-order valence-corrected chi connectivity index (χ1v) is 4.63. The second-order valence-corrected chi connectivity index (χ2v) is 3.26. The Hall–Kier alpha value is -0.300. The third-order valence-electron chi connectivity index (χ3n) is 2.22. The number of rotatable bonds is 3. The lowest BCUT2D eigenvalue weighted by Crippen LogP contribution is -2.20. The number of allylic oxidation sites excluding steroid dienone is 1. The van der Waals surface area contributed by atoms with Gasteiger partial charge in [0.05, 0.1) is 12.2 Å². The number of hydrogen-bond acceptors (Lipinski definition) is 1. The van der Waals surface area contributed by atoms with E-state index in [1.807, 2.05) is 0 Å². The van der Waals surface area contributed by atoms with Gasteiger partial charge < -0.3 is 4.74 Å². The van der Waals surface area contributed by atoms with E-state index in [0.29, 0.717) is 12.2 Å². The van der Waals surface area contributed by atoms with Crippen molar-refractivity contribution in [2.75, 3.05) is 0 Å². The minimum atomic E-state index is 0.437. The van der Waals surface area contributed by atoms with Crippen LogP contribution in [0.1, 0.15) is 39.5 Å². The molecule has 0 aromatic heterocycles. The topological polar surface area (TPSA) is 9.23 Å². The number of ether oxygens (including phenoxy) is 1. The molecule has 1 heteroatoms. The van der Waals surface area contributed by atoms with Crippen LogP contribution in [0.2, 0.25) is 0 Å². The fourth-order valence-electron chi connectivity index (χ4n) is 1.31. The first kappa shape index (κ1) is 8.79. The van der Waals surface area contributed by atoms with Crippen LogP contribution >= 0.6 is 0 Å². The highest BCUT2D eigenvalue weighted by Gasteiger charge is 2.12. The fraction of sp³-hybridized carbons (Fsp3) is 0.800. The molecule has 0 saturated heterocycles. The molecule has 0 saturated carbocycles. The highest BCUT2D eigenvalue weighted by atomic mass is 16.5. The lowest BCUT2D eigenvalue weighted by Gasteiger charge is -2.22. The van der Waals surface area contributed by atoms with Gasteiger partial charge in [0.25, 0.3) is 0 Å². The SMILES string of the molecule is CCC(C)OC1CC=CCC1. The smallest absolute Gasteiger partial charge is 0.0616 e. The molecule has 2 atom stereocenters. The van der Waals surface area contributed by atoms with Crippen LogP contribution in [0.3, 0.4) is 0 Å². The van der Waals surface area contributed by atoms with Crippen molar-refractivity contribution < 1.29 is 4.74 Å². The highest BCUT2D eigenvalue weighted by Crippen LogP contribution is 2.16. The quantitative estimate of drug-likeness (QED) is 0.568. The van der Waals surface area contributed by atoms with Crippen molar-refractivity contribution in [1.82, 2.24) is 0 Å². The van der Waals surface area contributed by atoms with Crippen molar-refractivity contribution in [1.29, 1.82) is 0 Å². The Balaban J connectivity index is 2.20. The molecule has 11 heavy (non-hydrogen) atoms. The van der Waals surface area contributed by atoms with E-state index in [1.54, 1.807) is 0 Å². The molecule has 0 heterocycles. The summed E-state index contributed by atoms with van der Waals surface area (Å²) >= 11 is 0. The first-order chi connectivity index (χ1) is 5.33. The Labute approximate surface area is 69.4 Å². The molecule has 0 N–H and O–H groups in total. The summed E-state index contributed by atoms with van der Waals surface area (Å²) in [5.74, 6) is 0. The lowest BCUT2D eigenvalue weighted by molar-refractivity contribution is -0.00760. The van der Waals surface area contributed by atoms with Crippen LogP contribution in [0.5, 0.6) is 0 Å². The summed E-state index contributed by atoms with van der Waals surface area (Å²) in [4.78, 5) is 0. The minimum absolute atomic E-state index is 0.437. The van der Waals surface area contributed by atoms with Crippen molar-refractivity contribution in [3.05, 3.63) is 12.2 Å². The maximum Gasteiger partial charge on any atom is 0.0616 e. The third kappa shape index (κ3) is 3.06. The van der Waals surface area contributed by atoms with Crippen LogP contribution < -0.4 is 0 Å². The van der Waals surface area contributed by atoms with Crippen molar-refractivity contribution in [3.63, 3.8) is 0 Å². The Morgan fingerprint density at radius 3 is 2.91 bits per heavy atom. The zero-order valence-electron chi connectivity index (χ0n) is 7.55. The summed E-state index contributed by atoms with van der Waals surface area (Å²) in [6, 6.07) is 0. The van der Waals surface area contributed by atoms with Crippen molar-refractivity contribution >= 4 is 0 Å². The van der Waals surface area contributed by atoms with Gasteiger partial charge in [0.2, 0.25) is 0 Å². The van der Waals surface area contributed by atoms with Gasteiger partial charge in [-0.15, -0.1) is 0 Å². The Bertz CT molecular complexity index is 129. The van der Waals surface area contributed by atoms with Gasteiger partial charge in [-0.3, -0.25) is 0 Å². The Morgan fingerprint density at radius 1 is 1.55 bits per heavy atom. The summed E-state index contributed by atoms with van der Waals surface area (Å²) in [7, 11) is 0. The summed E-state index contributed by atoms with van der Waals surface area (Å²) in [6.45, 7) is 4.32. The van der Waals surface area contributed by atoms with Crippen LogP contribution in [-0.4, -0.2) is 12.2 Å². The van der Waals surface area contributed by atoms with Gasteiger partial charge in [-0.2, -0.15) is 0 Å². The molecule has 0 spiro atoms. The summed E-state index contributed by atoms with van der Waals surface area (Å²) in [6.07, 6.45) is 10.1. The van der Waals surface area contributed by atoms with E-state index in [2.05, 4.69) is 26.0 Å². The zero-order chi connectivity index (χ0) is 8.10. The molecule has 0 aromatic rings. The highest BCUT2D eigenvalue weighted by molar-refractivity contribution is 4.90. The normalized spacial score (nSPS) is 26.9. The first-order valence-electron chi connectivity index (χ1n) is 4.63. The van der Waals surface area contributed by atoms with E-state index in [9.17, 15) is 0 Å². The second-order valence-electron chi connectivity index (χ2n) is 3.26. The minimum Gasteiger partial charge on any atom is -0.375 e. The number of hydrogen-bond donors (Lipinski definition) is 0. The molecular formula is C10H18O. The Kier molecular flexibility index (Phi) is 3.64. The Morgan fingerprint density at radius 2 is 2.36 bits per heavy atom. The monoisotopic (exact) mass is 154 g/mol. The van der Waals surface area contributed by atoms with Crippen molar-refractivity contribution in [2.45, 2.75) is 51.7 Å². The van der Waals surface area contributed by atoms with Gasteiger partial charge in [-0.25, -0.2) is 0 Å². The van der Waals surface area contributed by atoms with Gasteiger partial charge in [-0.05, 0) is 32.6 Å². The van der Waals surface area contributed by atoms with Gasteiger partial charge in [-0.1, -0.05) is 19.1 Å². The van der Waals surface area contributed by atoms with Crippen molar-refractivity contribution in [3.8, 4) is 0 Å². The standard InChI is InChI=1S/C10H18O/c1-3-9(2)11-10-7-5-4-6-8-10/h4-5,9-10H,3,6-8H2,1-2H3. The van der Waals surface area contributed by atoms with Gasteiger partial charge in [0.1, 0.15) is 0 Å². The van der Waals surface area contributed by atoms with Crippen LogP contribution in [0.25, 0.3) is 0 Å². The second kappa shape index (κ2) is 4.55. The molecule has 0 fully saturated rings. The molecule has 0 aromatic carbocycles. The molecule has 1 rings (SSSR count). The summed E-state index contributed by atoms with van der Waals surface area (Å²) < 4.78 is 5.79. The van der Waals surface area contributed by atoms with E-state index in [1.165, 1.54) is 12.8 Å². The predicted octanol–water partition coefficient (Wildman–Crippen LogP) is 2.91. The van der Waals surface area contributed by atoms with Gasteiger partial charge >= 0.3 is 0 Å². The lowest BCUT2D eigenvalue weighted by atomic mass is 10.0. The molecule has 0 radical (unpaired) electrons. The van der Waals surface area contributed by atoms with E-state index >= 15 is 0 Å². The van der Waals surface area contributed by atoms with E-state index in [4.69, 9.17) is 4.74 Å². The maximum atomic E-state index is 5.79. The molecule has 1 nitrogen and oxygen atoms in total. The van der Waals surface area contributed by atoms with E-state index in [0.717, 1.165) is 12.8 Å². The molecular weight excluding hydrogens is 136 g/mol. The van der Waals surface area contributed by atoms with Crippen LogP contribution in [0.15, 0.2) is 12.2 Å². The molecule has 1 aliphatic rings.